The van der Waals surface area contributed by atoms with Gasteiger partial charge in [0, 0.05) is 19.6 Å². The molecular weight excluding hydrogens is 372 g/mol. The molecule has 0 bridgehead atoms. The number of amides is 1. The van der Waals surface area contributed by atoms with Crippen LogP contribution < -0.4 is 5.32 Å². The van der Waals surface area contributed by atoms with Crippen LogP contribution in [-0.4, -0.2) is 38.3 Å². The average molecular weight is 397 g/mol. The summed E-state index contributed by atoms with van der Waals surface area (Å²) < 4.78 is 27.1. The Balaban J connectivity index is 1.76. The third-order valence-corrected chi connectivity index (χ3v) is 7.22. The van der Waals surface area contributed by atoms with Crippen LogP contribution in [0.3, 0.4) is 0 Å². The maximum Gasteiger partial charge on any atom is 0.253 e. The van der Waals surface area contributed by atoms with E-state index in [-0.39, 0.29) is 21.4 Å². The zero-order chi connectivity index (χ0) is 18.6. The van der Waals surface area contributed by atoms with Crippen molar-refractivity contribution in [3.8, 4) is 0 Å². The Labute approximate surface area is 160 Å². The first kappa shape index (κ1) is 19.4. The van der Waals surface area contributed by atoms with Crippen molar-refractivity contribution in [2.24, 2.45) is 0 Å². The van der Waals surface area contributed by atoms with Gasteiger partial charge in [-0.1, -0.05) is 29.7 Å². The molecule has 26 heavy (non-hydrogen) atoms. The summed E-state index contributed by atoms with van der Waals surface area (Å²) in [7, 11) is -3.59. The predicted octanol–water partition coefficient (Wildman–Crippen LogP) is 3.74. The maximum atomic E-state index is 12.8. The van der Waals surface area contributed by atoms with Gasteiger partial charge in [0.25, 0.3) is 5.91 Å². The summed E-state index contributed by atoms with van der Waals surface area (Å²) in [4.78, 5) is 12.7. The Morgan fingerprint density at radius 2 is 1.88 bits per heavy atom. The fraction of sp³-hybridized carbons (Fsp3) is 0.526. The normalized spacial score (nSPS) is 19.0. The Morgan fingerprint density at radius 3 is 2.58 bits per heavy atom. The Hall–Kier alpha value is -1.37. The summed E-state index contributed by atoms with van der Waals surface area (Å²) >= 11 is 6.16. The van der Waals surface area contributed by atoms with Gasteiger partial charge in [-0.2, -0.15) is 4.31 Å². The van der Waals surface area contributed by atoms with Gasteiger partial charge in [-0.25, -0.2) is 8.42 Å². The van der Waals surface area contributed by atoms with Crippen LogP contribution >= 0.6 is 11.6 Å². The van der Waals surface area contributed by atoms with Crippen LogP contribution in [0.25, 0.3) is 0 Å². The standard InChI is InChI=1S/C19H25ClN2O3S/c20-18-10-9-16(26(24,25)22-11-5-2-6-12-22)13-17(18)19(23)21-14-15-7-3-1-4-8-15/h7,9-10,13H,1-6,8,11-12,14H2,(H,21,23). The van der Waals surface area contributed by atoms with E-state index in [0.29, 0.717) is 19.6 Å². The van der Waals surface area contributed by atoms with Gasteiger partial charge in [-0.3, -0.25) is 4.79 Å². The molecule has 0 radical (unpaired) electrons. The highest BCUT2D eigenvalue weighted by atomic mass is 35.5. The first-order valence-electron chi connectivity index (χ1n) is 9.24. The molecule has 1 aliphatic heterocycles. The molecule has 0 saturated carbocycles. The largest absolute Gasteiger partial charge is 0.348 e. The van der Waals surface area contributed by atoms with Crippen molar-refractivity contribution in [2.45, 2.75) is 49.8 Å². The van der Waals surface area contributed by atoms with Crippen LogP contribution in [0.5, 0.6) is 0 Å². The van der Waals surface area contributed by atoms with Gasteiger partial charge >= 0.3 is 0 Å². The fourth-order valence-electron chi connectivity index (χ4n) is 3.45. The third kappa shape index (κ3) is 4.48. The molecule has 5 nitrogen and oxygen atoms in total. The van der Waals surface area contributed by atoms with Crippen molar-refractivity contribution in [3.05, 3.63) is 40.4 Å². The summed E-state index contributed by atoms with van der Waals surface area (Å²) in [6.45, 7) is 1.54. The lowest BCUT2D eigenvalue weighted by Crippen LogP contribution is -2.35. The van der Waals surface area contributed by atoms with Crippen LogP contribution in [0.1, 0.15) is 55.3 Å². The third-order valence-electron chi connectivity index (χ3n) is 5.00. The second-order valence-corrected chi connectivity index (χ2v) is 9.24. The number of rotatable bonds is 5. The molecule has 7 heteroatoms. The van der Waals surface area contributed by atoms with E-state index in [0.717, 1.165) is 38.5 Å². The number of nitrogens with zero attached hydrogens (tertiary/aromatic N) is 1. The number of carbonyl (C=O) groups excluding carboxylic acids is 1. The van der Waals surface area contributed by atoms with E-state index >= 15 is 0 Å². The van der Waals surface area contributed by atoms with Gasteiger partial charge in [0.1, 0.15) is 0 Å². The number of piperidine rings is 1. The molecule has 1 heterocycles. The molecule has 0 atom stereocenters. The molecule has 2 aliphatic rings. The van der Waals surface area contributed by atoms with Gasteiger partial charge in [0.05, 0.1) is 15.5 Å². The molecule has 0 unspecified atom stereocenters. The van der Waals surface area contributed by atoms with Gasteiger partial charge in [0.15, 0.2) is 0 Å². The number of halogens is 1. The van der Waals surface area contributed by atoms with Crippen molar-refractivity contribution in [3.63, 3.8) is 0 Å². The number of nitrogens with one attached hydrogen (secondary N) is 1. The maximum absolute atomic E-state index is 12.8. The van der Waals surface area contributed by atoms with E-state index in [1.165, 1.54) is 34.5 Å². The van der Waals surface area contributed by atoms with E-state index in [4.69, 9.17) is 11.6 Å². The minimum Gasteiger partial charge on any atom is -0.348 e. The Kier molecular flexibility index (Phi) is 6.37. The van der Waals surface area contributed by atoms with Crippen molar-refractivity contribution in [1.82, 2.24) is 9.62 Å². The first-order valence-corrected chi connectivity index (χ1v) is 11.1. The van der Waals surface area contributed by atoms with Crippen molar-refractivity contribution >= 4 is 27.5 Å². The number of sulfonamides is 1. The minimum absolute atomic E-state index is 0.130. The Bertz CT molecular complexity index is 799. The highest BCUT2D eigenvalue weighted by Crippen LogP contribution is 2.25. The van der Waals surface area contributed by atoms with Crippen LogP contribution in [-0.2, 0) is 10.0 Å². The van der Waals surface area contributed by atoms with Crippen molar-refractivity contribution < 1.29 is 13.2 Å². The quantitative estimate of drug-likeness (QED) is 0.771. The smallest absolute Gasteiger partial charge is 0.253 e. The van der Waals surface area contributed by atoms with Crippen molar-refractivity contribution in [2.75, 3.05) is 19.6 Å². The molecule has 3 rings (SSSR count). The first-order chi connectivity index (χ1) is 12.5. The molecular formula is C19H25ClN2O3S. The molecule has 1 amide bonds. The summed E-state index contributed by atoms with van der Waals surface area (Å²) in [6, 6.07) is 4.37. The molecule has 1 fully saturated rings. The number of hydrogen-bond donors (Lipinski definition) is 1. The predicted molar refractivity (Wildman–Crippen MR) is 103 cm³/mol. The number of allylic oxidation sites excluding steroid dienone is 1. The van der Waals surface area contributed by atoms with Gasteiger partial charge in [-0.15, -0.1) is 0 Å². The lowest BCUT2D eigenvalue weighted by molar-refractivity contribution is 0.0956. The minimum atomic E-state index is -3.59. The molecule has 1 aromatic carbocycles. The summed E-state index contributed by atoms with van der Waals surface area (Å²) in [6.07, 6.45) is 9.35. The SMILES string of the molecule is O=C(NCC1=CCCCC1)c1cc(S(=O)(=O)N2CCCCC2)ccc1Cl. The number of benzene rings is 1. The lowest BCUT2D eigenvalue weighted by atomic mass is 9.99. The number of hydrogen-bond acceptors (Lipinski definition) is 3. The van der Waals surface area contributed by atoms with Gasteiger partial charge in [0.2, 0.25) is 10.0 Å². The van der Waals surface area contributed by atoms with Crippen LogP contribution in [0.15, 0.2) is 34.7 Å². The lowest BCUT2D eigenvalue weighted by Gasteiger charge is -2.26. The fourth-order valence-corrected chi connectivity index (χ4v) is 5.19. The second kappa shape index (κ2) is 8.55. The van der Waals surface area contributed by atoms with Crippen LogP contribution in [0.4, 0.5) is 0 Å². The van der Waals surface area contributed by atoms with Crippen molar-refractivity contribution in [1.29, 1.82) is 0 Å². The summed E-state index contributed by atoms with van der Waals surface area (Å²) in [5.74, 6) is -0.336. The zero-order valence-corrected chi connectivity index (χ0v) is 16.4. The molecule has 1 aliphatic carbocycles. The second-order valence-electron chi connectivity index (χ2n) is 6.90. The van der Waals surface area contributed by atoms with E-state index in [2.05, 4.69) is 11.4 Å². The van der Waals surface area contributed by atoms with E-state index < -0.39 is 10.0 Å². The van der Waals surface area contributed by atoms with Gasteiger partial charge in [-0.05, 0) is 56.7 Å². The number of carbonyl (C=O) groups is 1. The molecule has 0 spiro atoms. The molecule has 142 valence electrons. The Morgan fingerprint density at radius 1 is 1.12 bits per heavy atom. The molecule has 1 aromatic rings. The zero-order valence-electron chi connectivity index (χ0n) is 14.8. The monoisotopic (exact) mass is 396 g/mol. The van der Waals surface area contributed by atoms with Gasteiger partial charge < -0.3 is 5.32 Å². The average Bonchev–Trinajstić information content (AvgIpc) is 2.68. The highest BCUT2D eigenvalue weighted by molar-refractivity contribution is 7.89. The highest BCUT2D eigenvalue weighted by Gasteiger charge is 2.27. The van der Waals surface area contributed by atoms with Crippen LogP contribution in [0, 0.1) is 0 Å². The van der Waals surface area contributed by atoms with Crippen LogP contribution in [0.2, 0.25) is 5.02 Å². The molecule has 1 N–H and O–H groups in total. The molecule has 0 aromatic heterocycles. The topological polar surface area (TPSA) is 66.5 Å². The van der Waals surface area contributed by atoms with E-state index in [1.54, 1.807) is 0 Å². The summed E-state index contributed by atoms with van der Waals surface area (Å²) in [5.41, 5.74) is 1.43. The van der Waals surface area contributed by atoms with E-state index in [9.17, 15) is 13.2 Å². The van der Waals surface area contributed by atoms with E-state index in [1.807, 2.05) is 0 Å². The summed E-state index contributed by atoms with van der Waals surface area (Å²) in [5, 5.41) is 3.13. The molecule has 1 saturated heterocycles.